The van der Waals surface area contributed by atoms with E-state index in [1.54, 1.807) is 23.6 Å². The van der Waals surface area contributed by atoms with E-state index in [2.05, 4.69) is 21.3 Å². The Balaban J connectivity index is 1.54. The van der Waals surface area contributed by atoms with E-state index in [-0.39, 0.29) is 30.1 Å². The van der Waals surface area contributed by atoms with Gasteiger partial charge < -0.3 is 24.3 Å². The molecular weight excluding hydrogens is 568 g/mol. The first-order valence-electron chi connectivity index (χ1n) is 14.4. The first-order valence-corrected chi connectivity index (χ1v) is 14.8. The van der Waals surface area contributed by atoms with Crippen LogP contribution in [0.3, 0.4) is 0 Å². The number of amides is 2. The van der Waals surface area contributed by atoms with E-state index in [1.807, 2.05) is 62.7 Å². The van der Waals surface area contributed by atoms with Crippen LogP contribution >= 0.6 is 11.6 Å². The smallest absolute Gasteiger partial charge is 0.409 e. The number of carbonyl (C=O) groups excluding carboxylic acids is 2. The Bertz CT molecular complexity index is 1510. The predicted octanol–water partition coefficient (Wildman–Crippen LogP) is 4.72. The third kappa shape index (κ3) is 6.92. The number of benzene rings is 1. The van der Waals surface area contributed by atoms with Crippen LogP contribution in [-0.4, -0.2) is 82.8 Å². The molecule has 0 bridgehead atoms. The Morgan fingerprint density at radius 1 is 1.16 bits per heavy atom. The highest BCUT2D eigenvalue weighted by atomic mass is 35.5. The van der Waals surface area contributed by atoms with Gasteiger partial charge in [-0.2, -0.15) is 0 Å². The van der Waals surface area contributed by atoms with Crippen molar-refractivity contribution in [1.82, 2.24) is 29.7 Å². The lowest BCUT2D eigenvalue weighted by Crippen LogP contribution is -2.50. The highest BCUT2D eigenvalue weighted by Gasteiger charge is 2.36. The maximum absolute atomic E-state index is 12.9. The zero-order chi connectivity index (χ0) is 30.7. The number of carbonyl (C=O) groups is 2. The molecule has 0 saturated carbocycles. The van der Waals surface area contributed by atoms with Crippen molar-refractivity contribution in [3.63, 3.8) is 0 Å². The van der Waals surface area contributed by atoms with Crippen LogP contribution in [0.5, 0.6) is 0 Å². The van der Waals surface area contributed by atoms with Crippen LogP contribution in [0.25, 0.3) is 11.6 Å². The number of fused-ring (bicyclic) bond motifs is 2. The van der Waals surface area contributed by atoms with Gasteiger partial charge in [0.25, 0.3) is 0 Å². The summed E-state index contributed by atoms with van der Waals surface area (Å²) in [6, 6.07) is 9.11. The highest BCUT2D eigenvalue weighted by molar-refractivity contribution is 6.30. The summed E-state index contributed by atoms with van der Waals surface area (Å²) >= 11 is 6.63. The summed E-state index contributed by atoms with van der Waals surface area (Å²) in [4.78, 5) is 39.1. The van der Waals surface area contributed by atoms with Gasteiger partial charge in [-0.25, -0.2) is 9.78 Å². The summed E-state index contributed by atoms with van der Waals surface area (Å²) in [6.45, 7) is 8.77. The molecule has 3 heterocycles. The molecule has 0 unspecified atom stereocenters. The molecule has 1 aromatic carbocycles. The quantitative estimate of drug-likeness (QED) is 0.415. The molecule has 3 aromatic rings. The summed E-state index contributed by atoms with van der Waals surface area (Å²) in [7, 11) is 3.40. The SMILES string of the molecule is COCC(=O)N[C@H](C1=Cc2cccnc2[C@@H](N2CCN(C(=O)OCC(C)(C)C)CC2)c2ccc(Cl)cc21)c1cncn1C. The zero-order valence-electron chi connectivity index (χ0n) is 25.3. The summed E-state index contributed by atoms with van der Waals surface area (Å²) in [5.74, 6) is -0.250. The first-order chi connectivity index (χ1) is 20.6. The number of piperazine rings is 1. The van der Waals surface area contributed by atoms with Gasteiger partial charge in [0, 0.05) is 51.6 Å². The topological polar surface area (TPSA) is 102 Å². The lowest BCUT2D eigenvalue weighted by Gasteiger charge is -2.39. The molecule has 1 aliphatic carbocycles. The van der Waals surface area contributed by atoms with Crippen LogP contribution in [-0.2, 0) is 21.3 Å². The molecule has 2 amide bonds. The van der Waals surface area contributed by atoms with E-state index in [0.29, 0.717) is 37.8 Å². The molecule has 2 aromatic heterocycles. The van der Waals surface area contributed by atoms with Crippen LogP contribution in [0.4, 0.5) is 4.79 Å². The van der Waals surface area contributed by atoms with E-state index < -0.39 is 6.04 Å². The standard InChI is InChI=1S/C32H39ClN6O4/c1-32(2,3)19-43-31(41)39-13-11-38(12-14-39)30-23-9-8-22(33)16-24(23)25(15-21-7-6-10-35-28(21)30)29(36-27(40)18-42-5)26-17-34-20-37(26)4/h6-10,15-17,20,29-30H,11-14,18-19H2,1-5H3,(H,36,40)/t29-,30+/m1/s1. The van der Waals surface area contributed by atoms with E-state index in [1.165, 1.54) is 7.11 Å². The van der Waals surface area contributed by atoms with Gasteiger partial charge in [-0.3, -0.25) is 14.7 Å². The molecule has 5 rings (SSSR count). The Morgan fingerprint density at radius 3 is 2.60 bits per heavy atom. The van der Waals surface area contributed by atoms with E-state index >= 15 is 0 Å². The van der Waals surface area contributed by atoms with Gasteiger partial charge in [-0.1, -0.05) is 44.5 Å². The van der Waals surface area contributed by atoms with Crippen molar-refractivity contribution in [2.24, 2.45) is 12.5 Å². The fourth-order valence-electron chi connectivity index (χ4n) is 5.62. The molecule has 1 aliphatic heterocycles. The van der Waals surface area contributed by atoms with Gasteiger partial charge in [0.15, 0.2) is 0 Å². The molecule has 1 N–H and O–H groups in total. The number of pyridine rings is 1. The van der Waals surface area contributed by atoms with Gasteiger partial charge in [-0.15, -0.1) is 0 Å². The van der Waals surface area contributed by atoms with Crippen molar-refractivity contribution in [3.8, 4) is 0 Å². The van der Waals surface area contributed by atoms with Crippen molar-refractivity contribution < 1.29 is 19.1 Å². The van der Waals surface area contributed by atoms with Crippen LogP contribution < -0.4 is 5.32 Å². The minimum absolute atomic E-state index is 0.0761. The summed E-state index contributed by atoms with van der Waals surface area (Å²) in [5, 5.41) is 3.74. The monoisotopic (exact) mass is 606 g/mol. The zero-order valence-corrected chi connectivity index (χ0v) is 26.1. The number of ether oxygens (including phenoxy) is 2. The fourth-order valence-corrected chi connectivity index (χ4v) is 5.79. The lowest BCUT2D eigenvalue weighted by molar-refractivity contribution is -0.125. The van der Waals surface area contributed by atoms with Crippen LogP contribution in [0.15, 0.2) is 49.1 Å². The Labute approximate surface area is 257 Å². The number of imidazole rings is 1. The van der Waals surface area contributed by atoms with Crippen molar-refractivity contribution in [3.05, 3.63) is 82.2 Å². The molecule has 10 nitrogen and oxygen atoms in total. The third-order valence-corrected chi connectivity index (χ3v) is 7.91. The molecule has 11 heteroatoms. The molecule has 43 heavy (non-hydrogen) atoms. The van der Waals surface area contributed by atoms with Crippen molar-refractivity contribution in [2.45, 2.75) is 32.9 Å². The van der Waals surface area contributed by atoms with Gasteiger partial charge in [0.1, 0.15) is 6.61 Å². The number of nitrogens with one attached hydrogen (secondary N) is 1. The van der Waals surface area contributed by atoms with Gasteiger partial charge in [-0.05, 0) is 52.0 Å². The third-order valence-electron chi connectivity index (χ3n) is 7.67. The van der Waals surface area contributed by atoms with Crippen LogP contribution in [0.1, 0.15) is 60.9 Å². The molecule has 228 valence electrons. The number of aromatic nitrogens is 3. The number of methoxy groups -OCH3 is 1. The van der Waals surface area contributed by atoms with Gasteiger partial charge >= 0.3 is 6.09 Å². The number of aryl methyl sites for hydroxylation is 1. The van der Waals surface area contributed by atoms with Crippen molar-refractivity contribution in [1.29, 1.82) is 0 Å². The second-order valence-electron chi connectivity index (χ2n) is 12.2. The minimum Gasteiger partial charge on any atom is -0.449 e. The van der Waals surface area contributed by atoms with Gasteiger partial charge in [0.2, 0.25) is 5.91 Å². The second-order valence-corrected chi connectivity index (χ2v) is 12.6. The molecule has 0 radical (unpaired) electrons. The molecule has 1 fully saturated rings. The second kappa shape index (κ2) is 12.9. The number of hydrogen-bond acceptors (Lipinski definition) is 7. The highest BCUT2D eigenvalue weighted by Crippen LogP contribution is 2.44. The van der Waals surface area contributed by atoms with E-state index in [4.69, 9.17) is 26.1 Å². The molecule has 0 spiro atoms. The Morgan fingerprint density at radius 2 is 1.93 bits per heavy atom. The van der Waals surface area contributed by atoms with Crippen molar-refractivity contribution in [2.75, 3.05) is 46.5 Å². The summed E-state index contributed by atoms with van der Waals surface area (Å²) in [6.07, 6.45) is 7.08. The first kappa shape index (κ1) is 30.7. The van der Waals surface area contributed by atoms with Crippen LogP contribution in [0, 0.1) is 5.41 Å². The van der Waals surface area contributed by atoms with E-state index in [0.717, 1.165) is 33.7 Å². The number of halogens is 1. The van der Waals surface area contributed by atoms with Gasteiger partial charge in [0.05, 0.1) is 42.6 Å². The molecular formula is C32H39ClN6O4. The molecule has 1 saturated heterocycles. The Hall–Kier alpha value is -3.73. The fraction of sp³-hybridized carbons (Fsp3) is 0.438. The predicted molar refractivity (Wildman–Crippen MR) is 165 cm³/mol. The minimum atomic E-state index is -0.534. The molecule has 2 aliphatic rings. The largest absolute Gasteiger partial charge is 0.449 e. The maximum atomic E-state index is 12.9. The Kier molecular flexibility index (Phi) is 9.19. The lowest BCUT2D eigenvalue weighted by atomic mass is 9.89. The maximum Gasteiger partial charge on any atom is 0.409 e. The number of hydrogen-bond donors (Lipinski definition) is 1. The number of nitrogens with zero attached hydrogens (tertiary/aromatic N) is 5. The van der Waals surface area contributed by atoms with E-state index in [9.17, 15) is 9.59 Å². The molecule has 2 atom stereocenters. The normalized spacial score (nSPS) is 17.8. The van der Waals surface area contributed by atoms with Crippen LogP contribution in [0.2, 0.25) is 5.02 Å². The average molecular weight is 607 g/mol. The summed E-state index contributed by atoms with van der Waals surface area (Å²) < 4.78 is 12.6. The summed E-state index contributed by atoms with van der Waals surface area (Å²) in [5.41, 5.74) is 5.35. The average Bonchev–Trinajstić information content (AvgIpc) is 3.34. The number of rotatable bonds is 7. The van der Waals surface area contributed by atoms with Crippen molar-refractivity contribution >= 4 is 35.3 Å².